The van der Waals surface area contributed by atoms with Crippen LogP contribution in [0.4, 0.5) is 8.78 Å². The lowest BCUT2D eigenvalue weighted by Gasteiger charge is -2.16. The highest BCUT2D eigenvalue weighted by molar-refractivity contribution is 7.98. The molecule has 0 aliphatic heterocycles. The summed E-state index contributed by atoms with van der Waals surface area (Å²) in [5.74, 6) is -0.851. The number of hydrogen-bond donors (Lipinski definition) is 1. The van der Waals surface area contributed by atoms with Crippen molar-refractivity contribution < 1.29 is 13.6 Å². The van der Waals surface area contributed by atoms with Crippen LogP contribution in [0.15, 0.2) is 23.4 Å². The van der Waals surface area contributed by atoms with Gasteiger partial charge in [0.2, 0.25) is 5.91 Å². The molecule has 2 aromatic rings. The van der Waals surface area contributed by atoms with Crippen molar-refractivity contribution in [2.75, 3.05) is 12.8 Å². The summed E-state index contributed by atoms with van der Waals surface area (Å²) in [7, 11) is 0. The van der Waals surface area contributed by atoms with Crippen molar-refractivity contribution in [3.8, 4) is 0 Å². The van der Waals surface area contributed by atoms with Crippen molar-refractivity contribution in [2.45, 2.75) is 62.6 Å². The molecule has 1 saturated carbocycles. The molecule has 152 valence electrons. The monoisotopic (exact) mass is 408 g/mol. The summed E-state index contributed by atoms with van der Waals surface area (Å²) in [6, 6.07) is 4.23. The number of rotatable bonds is 9. The minimum Gasteiger partial charge on any atom is -0.356 e. The van der Waals surface area contributed by atoms with E-state index in [2.05, 4.69) is 20.1 Å². The van der Waals surface area contributed by atoms with Gasteiger partial charge in [-0.2, -0.15) is 0 Å². The lowest BCUT2D eigenvalue weighted by molar-refractivity contribution is -0.121. The molecule has 0 bridgehead atoms. The van der Waals surface area contributed by atoms with E-state index < -0.39 is 11.6 Å². The number of aryl methyl sites for hydroxylation is 2. The number of aromatic nitrogens is 3. The predicted octanol–water partition coefficient (Wildman–Crippen LogP) is 4.07. The molecule has 1 N–H and O–H groups in total. The topological polar surface area (TPSA) is 59.8 Å². The normalized spacial score (nSPS) is 14.5. The molecule has 0 unspecified atom stereocenters. The minimum atomic E-state index is -0.881. The molecule has 1 aromatic carbocycles. The molecular formula is C20H26F2N4OS. The quantitative estimate of drug-likeness (QED) is 0.502. The zero-order valence-corrected chi connectivity index (χ0v) is 16.9. The van der Waals surface area contributed by atoms with Crippen molar-refractivity contribution in [1.82, 2.24) is 20.1 Å². The molecule has 0 spiro atoms. The fourth-order valence-electron chi connectivity index (χ4n) is 3.66. The summed E-state index contributed by atoms with van der Waals surface area (Å²) in [5.41, 5.74) is 0.614. The van der Waals surface area contributed by atoms with Crippen molar-refractivity contribution in [2.24, 2.45) is 0 Å². The van der Waals surface area contributed by atoms with Crippen molar-refractivity contribution >= 4 is 17.7 Å². The van der Waals surface area contributed by atoms with Crippen LogP contribution in [0.25, 0.3) is 0 Å². The first-order chi connectivity index (χ1) is 13.6. The smallest absolute Gasteiger partial charge is 0.220 e. The third kappa shape index (κ3) is 5.31. The van der Waals surface area contributed by atoms with Gasteiger partial charge in [0.1, 0.15) is 5.82 Å². The highest BCUT2D eigenvalue weighted by Crippen LogP contribution is 2.33. The Morgan fingerprint density at radius 1 is 1.21 bits per heavy atom. The lowest BCUT2D eigenvalue weighted by atomic mass is 10.1. The SMILES string of the molecule is CSc1nnc(CCCNC(=O)CCc2ccc(F)c(F)c2)n1C1CCCC1. The average Bonchev–Trinajstić information content (AvgIpc) is 3.35. The van der Waals surface area contributed by atoms with Gasteiger partial charge in [-0.05, 0) is 49.6 Å². The van der Waals surface area contributed by atoms with Gasteiger partial charge in [-0.25, -0.2) is 8.78 Å². The molecule has 8 heteroatoms. The second-order valence-corrected chi connectivity index (χ2v) is 7.89. The van der Waals surface area contributed by atoms with Gasteiger partial charge in [0.05, 0.1) is 0 Å². The molecule has 1 fully saturated rings. The number of carbonyl (C=O) groups is 1. The van der Waals surface area contributed by atoms with Crippen molar-refractivity contribution in [3.63, 3.8) is 0 Å². The molecular weight excluding hydrogens is 382 g/mol. The predicted molar refractivity (Wildman–Crippen MR) is 105 cm³/mol. The van der Waals surface area contributed by atoms with E-state index in [1.54, 1.807) is 11.8 Å². The molecule has 1 aliphatic carbocycles. The van der Waals surface area contributed by atoms with Crippen molar-refractivity contribution in [3.05, 3.63) is 41.2 Å². The van der Waals surface area contributed by atoms with E-state index in [0.717, 1.165) is 36.0 Å². The molecule has 1 amide bonds. The minimum absolute atomic E-state index is 0.0909. The van der Waals surface area contributed by atoms with Crippen LogP contribution in [0.5, 0.6) is 0 Å². The Kier molecular flexibility index (Phi) is 7.42. The number of halogens is 2. The first-order valence-electron chi connectivity index (χ1n) is 9.77. The molecule has 1 aromatic heterocycles. The van der Waals surface area contributed by atoms with E-state index in [1.165, 1.54) is 31.7 Å². The maximum absolute atomic E-state index is 13.2. The maximum Gasteiger partial charge on any atom is 0.220 e. The molecule has 1 aliphatic rings. The molecule has 0 atom stereocenters. The zero-order chi connectivity index (χ0) is 19.9. The largest absolute Gasteiger partial charge is 0.356 e. The first kappa shape index (κ1) is 20.8. The summed E-state index contributed by atoms with van der Waals surface area (Å²) in [4.78, 5) is 12.0. The second kappa shape index (κ2) is 10.0. The number of nitrogens with one attached hydrogen (secondary N) is 1. The van der Waals surface area contributed by atoms with Gasteiger partial charge in [-0.15, -0.1) is 10.2 Å². The van der Waals surface area contributed by atoms with Gasteiger partial charge in [-0.3, -0.25) is 4.79 Å². The van der Waals surface area contributed by atoms with Crippen LogP contribution in [0, 0.1) is 11.6 Å². The molecule has 1 heterocycles. The summed E-state index contributed by atoms with van der Waals surface area (Å²) >= 11 is 1.62. The van der Waals surface area contributed by atoms with Crippen LogP contribution >= 0.6 is 11.8 Å². The van der Waals surface area contributed by atoms with Crippen LogP contribution in [0.3, 0.4) is 0 Å². The molecule has 0 saturated heterocycles. The zero-order valence-electron chi connectivity index (χ0n) is 16.1. The number of thioether (sulfide) groups is 1. The Labute approximate surface area is 168 Å². The van der Waals surface area contributed by atoms with Crippen LogP contribution in [-0.2, 0) is 17.6 Å². The van der Waals surface area contributed by atoms with E-state index in [9.17, 15) is 13.6 Å². The van der Waals surface area contributed by atoms with Crippen molar-refractivity contribution in [1.29, 1.82) is 0 Å². The molecule has 28 heavy (non-hydrogen) atoms. The number of amides is 1. The Morgan fingerprint density at radius 2 is 2.00 bits per heavy atom. The number of benzene rings is 1. The Bertz CT molecular complexity index is 805. The second-order valence-electron chi connectivity index (χ2n) is 7.11. The number of hydrogen-bond acceptors (Lipinski definition) is 4. The standard InChI is InChI=1S/C20H26F2N4OS/c1-28-20-25-24-18(26(20)15-5-2-3-6-15)7-4-12-23-19(27)11-9-14-8-10-16(21)17(22)13-14/h8,10,13,15H,2-7,9,11-12H2,1H3,(H,23,27). The number of carbonyl (C=O) groups excluding carboxylic acids is 1. The van der Waals surface area contributed by atoms with Gasteiger partial charge < -0.3 is 9.88 Å². The molecule has 5 nitrogen and oxygen atoms in total. The van der Waals surface area contributed by atoms with Gasteiger partial charge in [0.25, 0.3) is 0 Å². The summed E-state index contributed by atoms with van der Waals surface area (Å²) in [6.45, 7) is 0.558. The Hall–Kier alpha value is -1.96. The third-order valence-electron chi connectivity index (χ3n) is 5.13. The van der Waals surface area contributed by atoms with Crippen LogP contribution < -0.4 is 5.32 Å². The fourth-order valence-corrected chi connectivity index (χ4v) is 4.24. The van der Waals surface area contributed by atoms with E-state index in [1.807, 2.05) is 6.26 Å². The van der Waals surface area contributed by atoms with E-state index in [0.29, 0.717) is 24.6 Å². The van der Waals surface area contributed by atoms with Gasteiger partial charge >= 0.3 is 0 Å². The Morgan fingerprint density at radius 3 is 2.71 bits per heavy atom. The number of nitrogens with zero attached hydrogens (tertiary/aromatic N) is 3. The first-order valence-corrected chi connectivity index (χ1v) is 11.0. The van der Waals surface area contributed by atoms with Gasteiger partial charge in [0, 0.05) is 25.4 Å². The third-order valence-corrected chi connectivity index (χ3v) is 5.78. The maximum atomic E-state index is 13.2. The van der Waals surface area contributed by atoms with Gasteiger partial charge in [-0.1, -0.05) is 30.7 Å². The lowest BCUT2D eigenvalue weighted by Crippen LogP contribution is -2.25. The average molecular weight is 409 g/mol. The van der Waals surface area contributed by atoms with Crippen LogP contribution in [0.1, 0.15) is 56.0 Å². The summed E-state index contributed by atoms with van der Waals surface area (Å²) < 4.78 is 28.4. The molecule has 0 radical (unpaired) electrons. The fraction of sp³-hybridized carbons (Fsp3) is 0.550. The molecule has 3 rings (SSSR count). The highest BCUT2D eigenvalue weighted by atomic mass is 32.2. The van der Waals surface area contributed by atoms with Crippen LogP contribution in [-0.4, -0.2) is 33.5 Å². The van der Waals surface area contributed by atoms with Gasteiger partial charge in [0.15, 0.2) is 16.8 Å². The van der Waals surface area contributed by atoms with Crippen LogP contribution in [0.2, 0.25) is 0 Å². The summed E-state index contributed by atoms with van der Waals surface area (Å²) in [5, 5.41) is 12.5. The Balaban J connectivity index is 1.42. The highest BCUT2D eigenvalue weighted by Gasteiger charge is 2.23. The van der Waals surface area contributed by atoms with E-state index >= 15 is 0 Å². The van der Waals surface area contributed by atoms with E-state index in [4.69, 9.17) is 0 Å². The van der Waals surface area contributed by atoms with E-state index in [-0.39, 0.29) is 12.3 Å². The summed E-state index contributed by atoms with van der Waals surface area (Å²) in [6.07, 6.45) is 9.08.